The highest BCUT2D eigenvalue weighted by atomic mass is 16.6. The van der Waals surface area contributed by atoms with E-state index in [0.717, 1.165) is 32.1 Å². The maximum Gasteiger partial charge on any atom is 0.329 e. The molecule has 4 N–H and O–H groups in total. The van der Waals surface area contributed by atoms with Crippen LogP contribution in [-0.2, 0) is 19.1 Å². The first-order chi connectivity index (χ1) is 17.4. The number of nitrogens with two attached hydrogens (primary N) is 1. The Bertz CT molecular complexity index is 1010. The molecule has 11 heteroatoms. The van der Waals surface area contributed by atoms with Crippen LogP contribution in [0.3, 0.4) is 0 Å². The second-order valence-electron chi connectivity index (χ2n) is 10.3. The van der Waals surface area contributed by atoms with Gasteiger partial charge < -0.3 is 20.5 Å². The lowest BCUT2D eigenvalue weighted by Crippen LogP contribution is -2.59. The number of carbonyl (C=O) groups excluding carboxylic acids is 3. The molecule has 2 heterocycles. The maximum atomic E-state index is 12.7. The number of aliphatic carboxylic acids is 1. The van der Waals surface area contributed by atoms with E-state index in [2.05, 4.69) is 10.3 Å². The molecule has 0 unspecified atom stereocenters. The largest absolute Gasteiger partial charge is 0.479 e. The van der Waals surface area contributed by atoms with E-state index < -0.39 is 29.0 Å². The van der Waals surface area contributed by atoms with Crippen LogP contribution in [0.25, 0.3) is 0 Å². The van der Waals surface area contributed by atoms with E-state index in [1.807, 2.05) is 6.07 Å². The summed E-state index contributed by atoms with van der Waals surface area (Å²) in [7, 11) is 0. The second kappa shape index (κ2) is 13.1. The Balaban J connectivity index is 0.000000364. The number of rotatable bonds is 7. The lowest BCUT2D eigenvalue weighted by Gasteiger charge is -2.42. The smallest absolute Gasteiger partial charge is 0.329 e. The van der Waals surface area contributed by atoms with Crippen molar-refractivity contribution in [3.8, 4) is 6.07 Å². The number of amides is 2. The van der Waals surface area contributed by atoms with Crippen LogP contribution in [0.5, 0.6) is 0 Å². The van der Waals surface area contributed by atoms with Crippen LogP contribution in [0.15, 0.2) is 18.3 Å². The molecule has 37 heavy (non-hydrogen) atoms. The summed E-state index contributed by atoms with van der Waals surface area (Å²) in [5, 5.41) is 21.1. The zero-order valence-electron chi connectivity index (χ0n) is 21.8. The van der Waals surface area contributed by atoms with Crippen molar-refractivity contribution in [1.29, 1.82) is 5.26 Å². The SMILES string of the molecule is CC(C)(C)OC(=O)CNCC(=O)N1CCC[C@]1(C(=O)O)C1CCCCC1.N#Cc1ccc(C(N)=O)cn1. The number of hydrogen-bond acceptors (Lipinski definition) is 8. The molecule has 2 fully saturated rings. The Labute approximate surface area is 217 Å². The lowest BCUT2D eigenvalue weighted by molar-refractivity contribution is -0.161. The number of carboxylic acids is 1. The Morgan fingerprint density at radius 2 is 1.86 bits per heavy atom. The average Bonchev–Trinajstić information content (AvgIpc) is 3.30. The molecule has 11 nitrogen and oxygen atoms in total. The molecule has 1 aliphatic heterocycles. The van der Waals surface area contributed by atoms with Crippen LogP contribution in [0.2, 0.25) is 0 Å². The first kappa shape index (κ1) is 29.7. The summed E-state index contributed by atoms with van der Waals surface area (Å²) in [6.07, 6.45) is 7.42. The van der Waals surface area contributed by atoms with E-state index in [0.29, 0.717) is 24.9 Å². The van der Waals surface area contributed by atoms with E-state index in [-0.39, 0.29) is 30.6 Å². The molecule has 2 amide bonds. The van der Waals surface area contributed by atoms with E-state index >= 15 is 0 Å². The average molecular weight is 516 g/mol. The molecule has 0 aromatic carbocycles. The van der Waals surface area contributed by atoms with Crippen LogP contribution in [0, 0.1) is 17.2 Å². The summed E-state index contributed by atoms with van der Waals surface area (Å²) in [6.45, 7) is 5.69. The van der Waals surface area contributed by atoms with Gasteiger partial charge in [-0.15, -0.1) is 0 Å². The first-order valence-electron chi connectivity index (χ1n) is 12.5. The van der Waals surface area contributed by atoms with Crippen molar-refractivity contribution in [1.82, 2.24) is 15.2 Å². The molecule has 2 aliphatic rings. The Kier molecular flexibility index (Phi) is 10.6. The highest BCUT2D eigenvalue weighted by Gasteiger charge is 2.54. The minimum atomic E-state index is -1.08. The number of nitrogens with zero attached hydrogens (tertiary/aromatic N) is 3. The van der Waals surface area contributed by atoms with Crippen LogP contribution >= 0.6 is 0 Å². The molecule has 202 valence electrons. The topological polar surface area (TPSA) is 176 Å². The first-order valence-corrected chi connectivity index (χ1v) is 12.5. The third kappa shape index (κ3) is 8.25. The van der Waals surface area contributed by atoms with Crippen molar-refractivity contribution in [3.63, 3.8) is 0 Å². The Morgan fingerprint density at radius 3 is 2.38 bits per heavy atom. The highest BCUT2D eigenvalue weighted by molar-refractivity contribution is 5.92. The number of primary amides is 1. The van der Waals surface area contributed by atoms with Gasteiger partial charge in [0, 0.05) is 12.7 Å². The van der Waals surface area contributed by atoms with E-state index in [9.17, 15) is 24.3 Å². The predicted molar refractivity (Wildman–Crippen MR) is 134 cm³/mol. The predicted octanol–water partition coefficient (Wildman–Crippen LogP) is 2.00. The molecule has 1 atom stereocenters. The number of carbonyl (C=O) groups is 4. The summed E-state index contributed by atoms with van der Waals surface area (Å²) in [6, 6.07) is 4.74. The summed E-state index contributed by atoms with van der Waals surface area (Å²) in [4.78, 5) is 52.4. The standard InChI is InChI=1S/C19H32N2O5.C7H5N3O/c1-18(2,3)26-16(23)13-20-12-15(22)21-11-7-10-19(21,17(24)25)14-8-5-4-6-9-14;8-3-6-2-1-5(4-10-6)7(9)11/h14,20H,4-13H2,1-3H3,(H,24,25);1-2,4H,(H2,9,11)/t19-;/m1./s1. The summed E-state index contributed by atoms with van der Waals surface area (Å²) >= 11 is 0. The number of nitrogens with one attached hydrogen (secondary N) is 1. The van der Waals surface area contributed by atoms with Gasteiger partial charge in [-0.1, -0.05) is 19.3 Å². The van der Waals surface area contributed by atoms with Gasteiger partial charge in [-0.05, 0) is 64.5 Å². The molecule has 1 aliphatic carbocycles. The van der Waals surface area contributed by atoms with Gasteiger partial charge in [0.2, 0.25) is 11.8 Å². The van der Waals surface area contributed by atoms with Crippen molar-refractivity contribution in [2.45, 2.75) is 76.9 Å². The van der Waals surface area contributed by atoms with Crippen molar-refractivity contribution in [2.24, 2.45) is 11.7 Å². The quantitative estimate of drug-likeness (QED) is 0.458. The number of likely N-dealkylation sites (tertiary alicyclic amines) is 1. The number of carboxylic acid groups (broad SMARTS) is 1. The van der Waals surface area contributed by atoms with Crippen molar-refractivity contribution >= 4 is 23.8 Å². The number of ether oxygens (including phenoxy) is 1. The molecule has 1 aromatic rings. The monoisotopic (exact) mass is 515 g/mol. The number of aromatic nitrogens is 1. The van der Waals surface area contributed by atoms with Gasteiger partial charge in [0.1, 0.15) is 22.9 Å². The van der Waals surface area contributed by atoms with Crippen molar-refractivity contribution in [3.05, 3.63) is 29.6 Å². The van der Waals surface area contributed by atoms with Crippen LogP contribution in [0.1, 0.15) is 81.8 Å². The molecule has 0 radical (unpaired) electrons. The van der Waals surface area contributed by atoms with E-state index in [1.165, 1.54) is 18.3 Å². The minimum absolute atomic E-state index is 0.0195. The number of esters is 1. The molecule has 0 bridgehead atoms. The van der Waals surface area contributed by atoms with Crippen LogP contribution < -0.4 is 11.1 Å². The molecule has 1 saturated heterocycles. The zero-order chi connectivity index (χ0) is 27.6. The summed E-state index contributed by atoms with van der Waals surface area (Å²) < 4.78 is 5.20. The minimum Gasteiger partial charge on any atom is -0.479 e. The molecular weight excluding hydrogens is 478 g/mol. The third-order valence-corrected chi connectivity index (χ3v) is 6.50. The number of nitriles is 1. The van der Waals surface area contributed by atoms with Crippen LogP contribution in [0.4, 0.5) is 0 Å². The fourth-order valence-electron chi connectivity index (χ4n) is 4.94. The van der Waals surface area contributed by atoms with E-state index in [1.54, 1.807) is 25.7 Å². The third-order valence-electron chi connectivity index (χ3n) is 6.50. The molecule has 3 rings (SSSR count). The van der Waals surface area contributed by atoms with Gasteiger partial charge in [0.15, 0.2) is 0 Å². The second-order valence-corrected chi connectivity index (χ2v) is 10.3. The maximum absolute atomic E-state index is 12.7. The molecule has 1 saturated carbocycles. The van der Waals surface area contributed by atoms with Gasteiger partial charge in [-0.2, -0.15) is 5.26 Å². The van der Waals surface area contributed by atoms with Crippen molar-refractivity contribution in [2.75, 3.05) is 19.6 Å². The van der Waals surface area contributed by atoms with Crippen molar-refractivity contribution < 1.29 is 29.0 Å². The van der Waals surface area contributed by atoms with Gasteiger partial charge in [0.25, 0.3) is 0 Å². The summed E-state index contributed by atoms with van der Waals surface area (Å²) in [5.74, 6) is -2.09. The van der Waals surface area contributed by atoms with Gasteiger partial charge in [0.05, 0.1) is 18.7 Å². The Hall–Kier alpha value is -3.52. The highest BCUT2D eigenvalue weighted by Crippen LogP contribution is 2.43. The molecule has 1 aromatic heterocycles. The molecular formula is C26H37N5O6. The fraction of sp³-hybridized carbons (Fsp3) is 0.615. The molecule has 0 spiro atoms. The zero-order valence-corrected chi connectivity index (χ0v) is 21.8. The van der Waals surface area contributed by atoms with Gasteiger partial charge >= 0.3 is 11.9 Å². The van der Waals surface area contributed by atoms with E-state index in [4.69, 9.17) is 15.7 Å². The lowest BCUT2D eigenvalue weighted by atomic mass is 9.73. The van der Waals surface area contributed by atoms with Gasteiger partial charge in [-0.3, -0.25) is 19.7 Å². The van der Waals surface area contributed by atoms with Gasteiger partial charge in [-0.25, -0.2) is 9.78 Å². The normalized spacial score (nSPS) is 19.8. The number of hydrogen-bond donors (Lipinski definition) is 3. The van der Waals surface area contributed by atoms with Crippen LogP contribution in [-0.4, -0.2) is 69.5 Å². The fourth-order valence-corrected chi connectivity index (χ4v) is 4.94. The number of pyridine rings is 1. The Morgan fingerprint density at radius 1 is 1.19 bits per heavy atom. The summed E-state index contributed by atoms with van der Waals surface area (Å²) in [5.41, 5.74) is 3.88.